The molecule has 1 amide bonds. The molecule has 0 bridgehead atoms. The summed E-state index contributed by atoms with van der Waals surface area (Å²) in [6.45, 7) is 1.27. The highest BCUT2D eigenvalue weighted by Gasteiger charge is 2.28. The predicted octanol–water partition coefficient (Wildman–Crippen LogP) is -0.972. The number of ketones is 2. The van der Waals surface area contributed by atoms with E-state index in [4.69, 9.17) is 10.8 Å². The van der Waals surface area contributed by atoms with Crippen molar-refractivity contribution in [3.8, 4) is 0 Å². The zero-order chi connectivity index (χ0) is 15.4. The van der Waals surface area contributed by atoms with Gasteiger partial charge in [0.25, 0.3) is 0 Å². The van der Waals surface area contributed by atoms with E-state index in [-0.39, 0.29) is 30.9 Å². The van der Waals surface area contributed by atoms with Gasteiger partial charge in [0.15, 0.2) is 11.5 Å². The summed E-state index contributed by atoms with van der Waals surface area (Å²) in [5.74, 6) is -3.87. The van der Waals surface area contributed by atoms with E-state index in [9.17, 15) is 24.6 Å². The van der Waals surface area contributed by atoms with Gasteiger partial charge in [-0.1, -0.05) is 0 Å². The molecule has 0 fully saturated rings. The monoisotopic (exact) mass is 320 g/mol. The van der Waals surface area contributed by atoms with Crippen LogP contribution in [0.15, 0.2) is 23.2 Å². The van der Waals surface area contributed by atoms with Gasteiger partial charge in [-0.3, -0.25) is 14.4 Å². The highest BCUT2D eigenvalue weighted by Crippen LogP contribution is 2.18. The van der Waals surface area contributed by atoms with Crippen LogP contribution in [0.2, 0.25) is 0 Å². The largest absolute Gasteiger partial charge is 0.504 e. The molecule has 1 aliphatic rings. The number of Topliss-reactive ketones (excluding diaryl/α,β-unsaturated/α-hetero) is 1. The van der Waals surface area contributed by atoms with Crippen molar-refractivity contribution in [2.45, 2.75) is 25.5 Å². The van der Waals surface area contributed by atoms with E-state index in [1.165, 1.54) is 6.92 Å². The molecule has 0 heterocycles. The van der Waals surface area contributed by atoms with Crippen LogP contribution in [0.1, 0.15) is 13.3 Å². The predicted molar refractivity (Wildman–Crippen MR) is 74.9 cm³/mol. The van der Waals surface area contributed by atoms with Gasteiger partial charge in [0.1, 0.15) is 6.04 Å². The summed E-state index contributed by atoms with van der Waals surface area (Å²) < 4.78 is 0. The maximum Gasteiger partial charge on any atom is 0.239 e. The maximum absolute atomic E-state index is 11.5. The Morgan fingerprint density at radius 3 is 2.48 bits per heavy atom. The van der Waals surface area contributed by atoms with Gasteiger partial charge in [-0.15, -0.1) is 12.4 Å². The van der Waals surface area contributed by atoms with Gasteiger partial charge in [0.05, 0.1) is 11.7 Å². The number of hydrogen-bond donors (Lipinski definition) is 5. The molecule has 118 valence electrons. The molecule has 0 saturated carbocycles. The van der Waals surface area contributed by atoms with Crippen LogP contribution in [0.3, 0.4) is 0 Å². The average Bonchev–Trinajstić information content (AvgIpc) is 2.39. The Kier molecular flexibility index (Phi) is 7.07. The van der Waals surface area contributed by atoms with Gasteiger partial charge < -0.3 is 26.4 Å². The number of allylic oxidation sites excluding steroid dienone is 2. The summed E-state index contributed by atoms with van der Waals surface area (Å²) in [6.07, 6.45) is -0.553. The lowest BCUT2D eigenvalue weighted by molar-refractivity contribution is -0.124. The van der Waals surface area contributed by atoms with Crippen molar-refractivity contribution >= 4 is 29.9 Å². The third-order valence-corrected chi connectivity index (χ3v) is 2.79. The van der Waals surface area contributed by atoms with E-state index in [0.29, 0.717) is 6.08 Å². The van der Waals surface area contributed by atoms with Crippen molar-refractivity contribution < 1.29 is 29.7 Å². The second-order valence-electron chi connectivity index (χ2n) is 4.36. The molecule has 0 aromatic carbocycles. The van der Waals surface area contributed by atoms with E-state index >= 15 is 0 Å². The minimum Gasteiger partial charge on any atom is -0.504 e. The third-order valence-electron chi connectivity index (χ3n) is 2.79. The second kappa shape index (κ2) is 7.77. The molecule has 9 heteroatoms. The smallest absolute Gasteiger partial charge is 0.239 e. The third kappa shape index (κ3) is 4.55. The number of nitrogens with one attached hydrogen (secondary N) is 1. The van der Waals surface area contributed by atoms with Gasteiger partial charge in [0, 0.05) is 12.6 Å². The summed E-state index contributed by atoms with van der Waals surface area (Å²) in [5.41, 5.74) is 5.11. The van der Waals surface area contributed by atoms with Gasteiger partial charge >= 0.3 is 0 Å². The Balaban J connectivity index is 0.00000400. The zero-order valence-electron chi connectivity index (χ0n) is 11.2. The minimum absolute atomic E-state index is 0. The Morgan fingerprint density at radius 1 is 1.38 bits per heavy atom. The Morgan fingerprint density at radius 2 is 1.95 bits per heavy atom. The first-order chi connectivity index (χ1) is 9.25. The van der Waals surface area contributed by atoms with Crippen LogP contribution < -0.4 is 11.1 Å². The summed E-state index contributed by atoms with van der Waals surface area (Å²) in [5, 5.41) is 30.1. The number of aliphatic hydroxyl groups is 3. The van der Waals surface area contributed by atoms with Gasteiger partial charge in [-0.2, -0.15) is 0 Å². The van der Waals surface area contributed by atoms with Crippen LogP contribution in [0.4, 0.5) is 0 Å². The summed E-state index contributed by atoms with van der Waals surface area (Å²) in [6, 6.07) is -1.12. The summed E-state index contributed by atoms with van der Waals surface area (Å²) in [4.78, 5) is 34.2. The summed E-state index contributed by atoms with van der Waals surface area (Å²) >= 11 is 0. The van der Waals surface area contributed by atoms with Crippen LogP contribution >= 0.6 is 12.4 Å². The average molecular weight is 321 g/mol. The number of amides is 1. The SMILES string of the molecule is C[C@@H](O)[C@H](N)C(=O)NCCC1=C(O)C(=O)C=C(O)C1=O.Cl. The normalized spacial score (nSPS) is 17.8. The van der Waals surface area contributed by atoms with E-state index < -0.39 is 41.1 Å². The molecule has 1 rings (SSSR count). The van der Waals surface area contributed by atoms with E-state index in [2.05, 4.69) is 5.32 Å². The number of carbonyl (C=O) groups excluding carboxylic acids is 3. The fourth-order valence-electron chi connectivity index (χ4n) is 1.55. The molecule has 0 radical (unpaired) electrons. The number of aliphatic hydroxyl groups excluding tert-OH is 3. The molecule has 0 aliphatic heterocycles. The molecule has 0 unspecified atom stereocenters. The zero-order valence-corrected chi connectivity index (χ0v) is 12.0. The van der Waals surface area contributed by atoms with Crippen molar-refractivity contribution in [1.29, 1.82) is 0 Å². The molecule has 1 aliphatic carbocycles. The van der Waals surface area contributed by atoms with E-state index in [1.807, 2.05) is 0 Å². The van der Waals surface area contributed by atoms with Crippen molar-refractivity contribution in [2.75, 3.05) is 6.54 Å². The molecular weight excluding hydrogens is 304 g/mol. The number of rotatable bonds is 5. The lowest BCUT2D eigenvalue weighted by Gasteiger charge is -2.16. The Hall–Kier alpha value is -1.90. The molecule has 8 nitrogen and oxygen atoms in total. The quantitative estimate of drug-likeness (QED) is 0.409. The van der Waals surface area contributed by atoms with Gasteiger partial charge in [-0.05, 0) is 13.3 Å². The highest BCUT2D eigenvalue weighted by molar-refractivity contribution is 6.20. The Bertz CT molecular complexity index is 512. The molecule has 6 N–H and O–H groups in total. The fraction of sp³-hybridized carbons (Fsp3) is 0.417. The first kappa shape index (κ1) is 19.1. The van der Waals surface area contributed by atoms with Crippen molar-refractivity contribution in [3.63, 3.8) is 0 Å². The second-order valence-corrected chi connectivity index (χ2v) is 4.36. The van der Waals surface area contributed by atoms with E-state index in [0.717, 1.165) is 0 Å². The highest BCUT2D eigenvalue weighted by atomic mass is 35.5. The van der Waals surface area contributed by atoms with Crippen LogP contribution in [0.5, 0.6) is 0 Å². The van der Waals surface area contributed by atoms with Crippen LogP contribution in [0, 0.1) is 0 Å². The van der Waals surface area contributed by atoms with Crippen LogP contribution in [0.25, 0.3) is 0 Å². The van der Waals surface area contributed by atoms with E-state index in [1.54, 1.807) is 0 Å². The topological polar surface area (TPSA) is 150 Å². The van der Waals surface area contributed by atoms with Crippen molar-refractivity contribution in [3.05, 3.63) is 23.2 Å². The molecule has 0 saturated heterocycles. The molecule has 0 aromatic heterocycles. The molecular formula is C12H17ClN2O6. The first-order valence-electron chi connectivity index (χ1n) is 5.88. The molecule has 21 heavy (non-hydrogen) atoms. The Labute approximate surface area is 126 Å². The van der Waals surface area contributed by atoms with Gasteiger partial charge in [-0.25, -0.2) is 0 Å². The maximum atomic E-state index is 11.5. The minimum atomic E-state index is -1.12. The standard InChI is InChI=1S/C12H16N2O6.ClH/c1-5(15)9(13)12(20)14-3-2-6-10(18)7(16)4-8(17)11(6)19;/h4-5,9,15-16,19H,2-3,13H2,1H3,(H,14,20);1H/t5-,9+;/m1./s1. The number of hydrogen-bond acceptors (Lipinski definition) is 7. The molecule has 0 spiro atoms. The molecule has 0 aromatic rings. The van der Waals surface area contributed by atoms with Crippen molar-refractivity contribution in [1.82, 2.24) is 5.32 Å². The lowest BCUT2D eigenvalue weighted by atomic mass is 9.97. The van der Waals surface area contributed by atoms with Crippen LogP contribution in [-0.2, 0) is 14.4 Å². The summed E-state index contributed by atoms with van der Waals surface area (Å²) in [7, 11) is 0. The number of halogens is 1. The molecule has 2 atom stereocenters. The first-order valence-corrected chi connectivity index (χ1v) is 5.88. The number of carbonyl (C=O) groups is 3. The van der Waals surface area contributed by atoms with Crippen molar-refractivity contribution in [2.24, 2.45) is 5.73 Å². The van der Waals surface area contributed by atoms with Crippen LogP contribution in [-0.4, -0.2) is 51.5 Å². The number of nitrogens with two attached hydrogens (primary N) is 1. The van der Waals surface area contributed by atoms with Gasteiger partial charge in [0.2, 0.25) is 17.5 Å². The lowest BCUT2D eigenvalue weighted by Crippen LogP contribution is -2.47. The fourth-order valence-corrected chi connectivity index (χ4v) is 1.55.